The molecule has 0 spiro atoms. The Balaban J connectivity index is 1.46. The molecule has 0 unspecified atom stereocenters. The molecule has 1 N–H and O–H groups in total. The minimum Gasteiger partial charge on any atom is -0.369 e. The van der Waals surface area contributed by atoms with Crippen LogP contribution < -0.4 is 9.77 Å². The Kier molecular flexibility index (Phi) is 5.11. The summed E-state index contributed by atoms with van der Waals surface area (Å²) in [5.74, 6) is 0. The molecule has 6 heteroatoms. The molecule has 1 fully saturated rings. The summed E-state index contributed by atoms with van der Waals surface area (Å²) in [5, 5.41) is 0.699. The number of halogens is 1. The van der Waals surface area contributed by atoms with Crippen molar-refractivity contribution < 1.29 is 0 Å². The van der Waals surface area contributed by atoms with Gasteiger partial charge >= 0.3 is 4.87 Å². The number of benzene rings is 2. The van der Waals surface area contributed by atoms with Gasteiger partial charge in [0.15, 0.2) is 0 Å². The Bertz CT molecular complexity index is 912. The van der Waals surface area contributed by atoms with Crippen LogP contribution in [0.25, 0.3) is 11.3 Å². The van der Waals surface area contributed by atoms with E-state index in [0.29, 0.717) is 5.02 Å². The molecule has 1 aliphatic rings. The van der Waals surface area contributed by atoms with Crippen molar-refractivity contribution in [2.75, 3.05) is 31.1 Å². The summed E-state index contributed by atoms with van der Waals surface area (Å²) in [4.78, 5) is 20.8. The van der Waals surface area contributed by atoms with E-state index >= 15 is 0 Å². The standard InChI is InChI=1S/C20H20ClN3OS/c21-16-8-6-15(7-9-16)19-18(26-20(25)22-19)14-23-10-12-24(13-11-23)17-4-2-1-3-5-17/h1-9H,10-14H2,(H,22,25). The van der Waals surface area contributed by atoms with Crippen molar-refractivity contribution in [2.24, 2.45) is 0 Å². The number of nitrogens with zero attached hydrogens (tertiary/aromatic N) is 2. The van der Waals surface area contributed by atoms with Crippen molar-refractivity contribution in [1.29, 1.82) is 0 Å². The molecule has 0 radical (unpaired) electrons. The van der Waals surface area contributed by atoms with Crippen molar-refractivity contribution in [3.05, 3.63) is 74.2 Å². The molecule has 0 atom stereocenters. The Morgan fingerprint density at radius 1 is 0.962 bits per heavy atom. The third-order valence-corrected chi connectivity index (χ3v) is 5.83. The fraction of sp³-hybridized carbons (Fsp3) is 0.250. The van der Waals surface area contributed by atoms with Gasteiger partial charge in [0.2, 0.25) is 0 Å². The fourth-order valence-corrected chi connectivity index (χ4v) is 4.35. The highest BCUT2D eigenvalue weighted by Crippen LogP contribution is 2.26. The van der Waals surface area contributed by atoms with Gasteiger partial charge in [-0.1, -0.05) is 53.3 Å². The van der Waals surface area contributed by atoms with Crippen LogP contribution in [0.4, 0.5) is 5.69 Å². The molecule has 3 aromatic rings. The molecule has 2 aromatic carbocycles. The lowest BCUT2D eigenvalue weighted by Gasteiger charge is -2.36. The van der Waals surface area contributed by atoms with Crippen molar-refractivity contribution in [1.82, 2.24) is 9.88 Å². The molecule has 4 nitrogen and oxygen atoms in total. The molecular formula is C20H20ClN3OS. The van der Waals surface area contributed by atoms with E-state index in [0.717, 1.165) is 48.9 Å². The zero-order valence-electron chi connectivity index (χ0n) is 14.3. The lowest BCUT2D eigenvalue weighted by Crippen LogP contribution is -2.45. The number of aromatic nitrogens is 1. The Morgan fingerprint density at radius 2 is 1.65 bits per heavy atom. The molecule has 1 saturated heterocycles. The zero-order chi connectivity index (χ0) is 17.9. The summed E-state index contributed by atoms with van der Waals surface area (Å²) in [6, 6.07) is 18.2. The maximum Gasteiger partial charge on any atom is 0.305 e. The molecule has 26 heavy (non-hydrogen) atoms. The molecule has 0 aliphatic carbocycles. The van der Waals surface area contributed by atoms with E-state index in [1.165, 1.54) is 17.0 Å². The number of hydrogen-bond acceptors (Lipinski definition) is 4. The number of thiazole rings is 1. The highest BCUT2D eigenvalue weighted by molar-refractivity contribution is 7.09. The number of aromatic amines is 1. The van der Waals surface area contributed by atoms with E-state index in [4.69, 9.17) is 11.6 Å². The molecule has 1 aromatic heterocycles. The van der Waals surface area contributed by atoms with Crippen LogP contribution in [0.15, 0.2) is 59.4 Å². The summed E-state index contributed by atoms with van der Waals surface area (Å²) in [6.45, 7) is 4.77. The maximum absolute atomic E-state index is 11.9. The number of piperazine rings is 1. The van der Waals surface area contributed by atoms with Gasteiger partial charge in [-0.2, -0.15) is 0 Å². The first-order valence-electron chi connectivity index (χ1n) is 8.69. The predicted molar refractivity (Wildman–Crippen MR) is 109 cm³/mol. The monoisotopic (exact) mass is 385 g/mol. The van der Waals surface area contributed by atoms with Crippen LogP contribution >= 0.6 is 22.9 Å². The minimum absolute atomic E-state index is 0.00660. The van der Waals surface area contributed by atoms with Gasteiger partial charge < -0.3 is 9.88 Å². The smallest absolute Gasteiger partial charge is 0.305 e. The second-order valence-corrected chi connectivity index (χ2v) is 7.92. The molecular weight excluding hydrogens is 366 g/mol. The van der Waals surface area contributed by atoms with Crippen LogP contribution in [0.5, 0.6) is 0 Å². The number of hydrogen-bond donors (Lipinski definition) is 1. The van der Waals surface area contributed by atoms with Crippen LogP contribution in [0.1, 0.15) is 4.88 Å². The topological polar surface area (TPSA) is 39.3 Å². The Labute approximate surface area is 161 Å². The minimum atomic E-state index is -0.00660. The highest BCUT2D eigenvalue weighted by atomic mass is 35.5. The van der Waals surface area contributed by atoms with E-state index in [1.807, 2.05) is 30.3 Å². The van der Waals surface area contributed by atoms with E-state index in [1.54, 1.807) is 0 Å². The van der Waals surface area contributed by atoms with Gasteiger partial charge in [-0.15, -0.1) is 0 Å². The summed E-state index contributed by atoms with van der Waals surface area (Å²) >= 11 is 7.29. The predicted octanol–water partition coefficient (Wildman–Crippen LogP) is 4.08. The van der Waals surface area contributed by atoms with E-state index in [9.17, 15) is 4.79 Å². The van der Waals surface area contributed by atoms with Gasteiger partial charge in [-0.25, -0.2) is 0 Å². The lowest BCUT2D eigenvalue weighted by molar-refractivity contribution is 0.252. The first-order chi connectivity index (χ1) is 12.7. The molecule has 4 rings (SSSR count). The van der Waals surface area contributed by atoms with Crippen molar-refractivity contribution in [3.63, 3.8) is 0 Å². The first kappa shape index (κ1) is 17.3. The molecule has 1 aliphatic heterocycles. The maximum atomic E-state index is 11.9. The van der Waals surface area contributed by atoms with E-state index in [2.05, 4.69) is 39.0 Å². The molecule has 0 amide bonds. The number of H-pyrrole nitrogens is 1. The third kappa shape index (κ3) is 3.85. The average Bonchev–Trinajstić information content (AvgIpc) is 3.04. The zero-order valence-corrected chi connectivity index (χ0v) is 15.9. The van der Waals surface area contributed by atoms with Crippen LogP contribution in [-0.2, 0) is 6.54 Å². The largest absolute Gasteiger partial charge is 0.369 e. The van der Waals surface area contributed by atoms with Crippen molar-refractivity contribution in [3.8, 4) is 11.3 Å². The third-order valence-electron chi connectivity index (χ3n) is 4.72. The average molecular weight is 386 g/mol. The first-order valence-corrected chi connectivity index (χ1v) is 9.89. The quantitative estimate of drug-likeness (QED) is 0.735. The summed E-state index contributed by atoms with van der Waals surface area (Å²) in [5.41, 5.74) is 3.20. The molecule has 0 saturated carbocycles. The van der Waals surface area contributed by atoms with Gasteiger partial charge in [0, 0.05) is 48.3 Å². The number of para-hydroxylation sites is 1. The summed E-state index contributed by atoms with van der Waals surface area (Å²) in [6.07, 6.45) is 0. The second kappa shape index (κ2) is 7.66. The molecule has 0 bridgehead atoms. The SMILES string of the molecule is O=c1[nH]c(-c2ccc(Cl)cc2)c(CN2CCN(c3ccccc3)CC2)s1. The summed E-state index contributed by atoms with van der Waals surface area (Å²) in [7, 11) is 0. The van der Waals surface area contributed by atoms with Crippen LogP contribution in [0.2, 0.25) is 5.02 Å². The number of nitrogens with one attached hydrogen (secondary N) is 1. The van der Waals surface area contributed by atoms with E-state index < -0.39 is 0 Å². The lowest BCUT2D eigenvalue weighted by atomic mass is 10.1. The van der Waals surface area contributed by atoms with Crippen molar-refractivity contribution in [2.45, 2.75) is 6.54 Å². The number of anilines is 1. The fourth-order valence-electron chi connectivity index (χ4n) is 3.33. The molecule has 134 valence electrons. The molecule has 2 heterocycles. The van der Waals surface area contributed by atoms with Crippen molar-refractivity contribution >= 4 is 28.6 Å². The van der Waals surface area contributed by atoms with Gasteiger partial charge in [0.05, 0.1) is 5.69 Å². The van der Waals surface area contributed by atoms with Gasteiger partial charge in [-0.3, -0.25) is 9.69 Å². The Morgan fingerprint density at radius 3 is 2.35 bits per heavy atom. The van der Waals surface area contributed by atoms with Crippen LogP contribution in [-0.4, -0.2) is 36.1 Å². The summed E-state index contributed by atoms with van der Waals surface area (Å²) < 4.78 is 0. The number of rotatable bonds is 4. The van der Waals surface area contributed by atoms with E-state index in [-0.39, 0.29) is 4.87 Å². The van der Waals surface area contributed by atoms with Crippen LogP contribution in [0.3, 0.4) is 0 Å². The van der Waals surface area contributed by atoms with Gasteiger partial charge in [-0.05, 0) is 29.8 Å². The van der Waals surface area contributed by atoms with Crippen LogP contribution in [0, 0.1) is 0 Å². The van der Waals surface area contributed by atoms with Gasteiger partial charge in [0.25, 0.3) is 0 Å². The Hall–Kier alpha value is -2.08. The normalized spacial score (nSPS) is 15.3. The second-order valence-electron chi connectivity index (χ2n) is 6.42. The van der Waals surface area contributed by atoms with Gasteiger partial charge in [0.1, 0.15) is 0 Å². The highest BCUT2D eigenvalue weighted by Gasteiger charge is 2.20.